The summed E-state index contributed by atoms with van der Waals surface area (Å²) in [4.78, 5) is 27.0. The number of amides is 1. The van der Waals surface area contributed by atoms with Gasteiger partial charge in [0.2, 0.25) is 5.91 Å². The van der Waals surface area contributed by atoms with Crippen molar-refractivity contribution in [1.82, 2.24) is 24.2 Å². The van der Waals surface area contributed by atoms with E-state index in [-0.39, 0.29) is 23.4 Å². The van der Waals surface area contributed by atoms with Gasteiger partial charge in [-0.3, -0.25) is 4.79 Å². The van der Waals surface area contributed by atoms with Gasteiger partial charge >= 0.3 is 5.69 Å². The molecule has 1 atom stereocenters. The van der Waals surface area contributed by atoms with Gasteiger partial charge in [-0.25, -0.2) is 14.5 Å². The molecule has 3 heterocycles. The molecule has 1 N–H and O–H groups in total. The molecule has 2 aliphatic rings. The molecule has 0 bridgehead atoms. The van der Waals surface area contributed by atoms with E-state index in [1.165, 1.54) is 0 Å². The molecule has 1 saturated carbocycles. The van der Waals surface area contributed by atoms with E-state index in [1.807, 2.05) is 53.7 Å². The third-order valence-corrected chi connectivity index (χ3v) is 6.72. The Morgan fingerprint density at radius 1 is 0.879 bits per heavy atom. The molecular formula is C26H25N5O2. The Morgan fingerprint density at radius 3 is 2.15 bits per heavy atom. The molecule has 33 heavy (non-hydrogen) atoms. The summed E-state index contributed by atoms with van der Waals surface area (Å²) in [5.41, 5.74) is 3.84. The Balaban J connectivity index is 1.23. The van der Waals surface area contributed by atoms with Crippen molar-refractivity contribution in [3.05, 3.63) is 89.4 Å². The molecule has 6 rings (SSSR count). The van der Waals surface area contributed by atoms with Gasteiger partial charge < -0.3 is 9.47 Å². The normalized spacial score (nSPS) is 18.1. The second-order valence-electron chi connectivity index (χ2n) is 8.95. The minimum absolute atomic E-state index is 0.0626. The third-order valence-electron chi connectivity index (χ3n) is 6.72. The maximum atomic E-state index is 12.6. The van der Waals surface area contributed by atoms with Crippen molar-refractivity contribution in [2.45, 2.75) is 25.2 Å². The molecule has 4 aromatic rings. The van der Waals surface area contributed by atoms with Crippen LogP contribution in [-0.2, 0) is 4.79 Å². The van der Waals surface area contributed by atoms with Crippen LogP contribution in [0.25, 0.3) is 22.5 Å². The first-order chi connectivity index (χ1) is 16.2. The highest BCUT2D eigenvalue weighted by atomic mass is 16.2. The van der Waals surface area contributed by atoms with Crippen LogP contribution in [0.3, 0.4) is 0 Å². The number of rotatable bonds is 5. The predicted octanol–water partition coefficient (Wildman–Crippen LogP) is 3.74. The molecule has 7 heteroatoms. The first-order valence-electron chi connectivity index (χ1n) is 11.5. The molecule has 1 saturated heterocycles. The van der Waals surface area contributed by atoms with Gasteiger partial charge in [0.05, 0.1) is 5.69 Å². The van der Waals surface area contributed by atoms with Crippen molar-refractivity contribution >= 4 is 5.91 Å². The smallest absolute Gasteiger partial charge is 0.342 e. The van der Waals surface area contributed by atoms with Gasteiger partial charge in [-0.05, 0) is 66.8 Å². The molecule has 166 valence electrons. The maximum Gasteiger partial charge on any atom is 0.347 e. The first kappa shape index (κ1) is 19.8. The van der Waals surface area contributed by atoms with Gasteiger partial charge in [-0.2, -0.15) is 5.10 Å². The summed E-state index contributed by atoms with van der Waals surface area (Å²) in [7, 11) is 0. The number of H-pyrrole nitrogens is 1. The van der Waals surface area contributed by atoms with E-state index in [2.05, 4.69) is 39.0 Å². The summed E-state index contributed by atoms with van der Waals surface area (Å²) in [6.45, 7) is 1.37. The number of hydrogen-bond donors (Lipinski definition) is 1. The van der Waals surface area contributed by atoms with Crippen LogP contribution in [0.1, 0.15) is 31.0 Å². The molecule has 1 unspecified atom stereocenters. The molecule has 1 amide bonds. The minimum Gasteiger partial charge on any atom is -0.342 e. The monoisotopic (exact) mass is 439 g/mol. The van der Waals surface area contributed by atoms with Crippen LogP contribution in [0.2, 0.25) is 0 Å². The molecule has 0 radical (unpaired) electrons. The number of hydrogen-bond acceptors (Lipinski definition) is 3. The summed E-state index contributed by atoms with van der Waals surface area (Å²) < 4.78 is 3.72. The Morgan fingerprint density at radius 2 is 1.52 bits per heavy atom. The maximum absolute atomic E-state index is 12.6. The van der Waals surface area contributed by atoms with Gasteiger partial charge in [0.25, 0.3) is 0 Å². The lowest BCUT2D eigenvalue weighted by Gasteiger charge is -2.16. The van der Waals surface area contributed by atoms with Gasteiger partial charge in [0.15, 0.2) is 0 Å². The van der Waals surface area contributed by atoms with Crippen molar-refractivity contribution < 1.29 is 4.79 Å². The van der Waals surface area contributed by atoms with Gasteiger partial charge in [0.1, 0.15) is 5.82 Å². The van der Waals surface area contributed by atoms with Crippen LogP contribution >= 0.6 is 0 Å². The third kappa shape index (κ3) is 3.69. The molecule has 2 aromatic carbocycles. The predicted molar refractivity (Wildman–Crippen MR) is 126 cm³/mol. The molecular weight excluding hydrogens is 414 g/mol. The number of carbonyl (C=O) groups excluding carboxylic acids is 1. The second kappa shape index (κ2) is 7.92. The topological polar surface area (TPSA) is 75.9 Å². The Kier molecular flexibility index (Phi) is 4.75. The number of nitrogens with zero attached hydrogens (tertiary/aromatic N) is 4. The van der Waals surface area contributed by atoms with Crippen LogP contribution < -0.4 is 5.69 Å². The fourth-order valence-electron chi connectivity index (χ4n) is 4.73. The molecule has 7 nitrogen and oxygen atoms in total. The molecule has 1 aliphatic heterocycles. The van der Waals surface area contributed by atoms with Crippen LogP contribution in [0.5, 0.6) is 0 Å². The average molecular weight is 440 g/mol. The van der Waals surface area contributed by atoms with E-state index >= 15 is 0 Å². The Hall–Kier alpha value is -3.87. The van der Waals surface area contributed by atoms with Gasteiger partial charge in [-0.15, -0.1) is 0 Å². The molecule has 2 fully saturated rings. The van der Waals surface area contributed by atoms with E-state index in [0.29, 0.717) is 12.4 Å². The highest BCUT2D eigenvalue weighted by Gasteiger charge is 2.38. The number of carbonyl (C=O) groups is 1. The van der Waals surface area contributed by atoms with Crippen molar-refractivity contribution in [1.29, 1.82) is 0 Å². The quantitative estimate of drug-likeness (QED) is 0.515. The zero-order valence-electron chi connectivity index (χ0n) is 18.2. The van der Waals surface area contributed by atoms with Crippen LogP contribution in [0, 0.1) is 5.92 Å². The van der Waals surface area contributed by atoms with Crippen molar-refractivity contribution in [2.24, 2.45) is 5.92 Å². The molecule has 1 aliphatic carbocycles. The second-order valence-corrected chi connectivity index (χ2v) is 8.95. The van der Waals surface area contributed by atoms with E-state index in [9.17, 15) is 9.59 Å². The van der Waals surface area contributed by atoms with E-state index in [0.717, 1.165) is 48.3 Å². The van der Waals surface area contributed by atoms with Crippen molar-refractivity contribution in [3.8, 4) is 22.5 Å². The highest BCUT2D eigenvalue weighted by molar-refractivity contribution is 5.81. The summed E-state index contributed by atoms with van der Waals surface area (Å²) >= 11 is 0. The lowest BCUT2D eigenvalue weighted by atomic mass is 10.0. The number of aromatic amines is 1. The van der Waals surface area contributed by atoms with Crippen molar-refractivity contribution in [2.75, 3.05) is 13.1 Å². The summed E-state index contributed by atoms with van der Waals surface area (Å²) in [6, 6.07) is 20.4. The Labute approximate surface area is 191 Å². The zero-order chi connectivity index (χ0) is 22.4. The number of likely N-dealkylation sites (tertiary alicyclic amines) is 1. The SMILES string of the molecule is O=C(C1CC1)N1CCC(c2n[nH]c(=O)n2-c2ccc(-c3ccc(-n4cccc4)cc3)cc2)C1. The largest absolute Gasteiger partial charge is 0.347 e. The van der Waals surface area contributed by atoms with Crippen LogP contribution in [0.4, 0.5) is 0 Å². The number of nitrogens with one attached hydrogen (secondary N) is 1. The van der Waals surface area contributed by atoms with E-state index < -0.39 is 0 Å². The standard InChI is InChI=1S/C26H25N5O2/c32-25(20-3-4-20)30-16-13-21(17-30)24-27-28-26(33)31(24)23-11-7-19(8-12-23)18-5-9-22(10-6-18)29-14-1-2-15-29/h1-2,5-12,14-15,20-21H,3-4,13,16-17H2,(H,28,33). The van der Waals surface area contributed by atoms with Gasteiger partial charge in [-0.1, -0.05) is 24.3 Å². The highest BCUT2D eigenvalue weighted by Crippen LogP contribution is 2.35. The van der Waals surface area contributed by atoms with Crippen molar-refractivity contribution in [3.63, 3.8) is 0 Å². The van der Waals surface area contributed by atoms with Gasteiger partial charge in [0, 0.05) is 43.0 Å². The Bertz CT molecular complexity index is 1330. The fourth-order valence-corrected chi connectivity index (χ4v) is 4.73. The van der Waals surface area contributed by atoms with E-state index in [1.54, 1.807) is 4.57 Å². The van der Waals surface area contributed by atoms with Crippen LogP contribution in [0.15, 0.2) is 77.9 Å². The first-order valence-corrected chi connectivity index (χ1v) is 11.5. The summed E-state index contributed by atoms with van der Waals surface area (Å²) in [6.07, 6.45) is 6.89. The molecule has 0 spiro atoms. The molecule has 2 aromatic heterocycles. The fraction of sp³-hybridized carbons (Fsp3) is 0.269. The lowest BCUT2D eigenvalue weighted by Crippen LogP contribution is -2.30. The number of aromatic nitrogens is 4. The zero-order valence-corrected chi connectivity index (χ0v) is 18.2. The lowest BCUT2D eigenvalue weighted by molar-refractivity contribution is -0.131. The minimum atomic E-state index is -0.249. The summed E-state index contributed by atoms with van der Waals surface area (Å²) in [5.74, 6) is 1.24. The summed E-state index contributed by atoms with van der Waals surface area (Å²) in [5, 5.41) is 6.94. The number of benzene rings is 2. The van der Waals surface area contributed by atoms with Crippen LogP contribution in [-0.4, -0.2) is 43.2 Å². The van der Waals surface area contributed by atoms with E-state index in [4.69, 9.17) is 0 Å². The average Bonchev–Trinajstić information content (AvgIpc) is 3.22.